The zero-order chi connectivity index (χ0) is 15.1. The van der Waals surface area contributed by atoms with Gasteiger partial charge >= 0.3 is 0 Å². The normalized spacial score (nSPS) is 12.6. The summed E-state index contributed by atoms with van der Waals surface area (Å²) in [6, 6.07) is 18.7. The minimum atomic E-state index is 0.0467. The van der Waals surface area contributed by atoms with Crippen molar-refractivity contribution in [1.82, 2.24) is 4.90 Å². The highest BCUT2D eigenvalue weighted by Gasteiger charge is 2.21. The number of hydrogen-bond donors (Lipinski definition) is 2. The van der Waals surface area contributed by atoms with Crippen LogP contribution in [0.1, 0.15) is 22.7 Å². The molecule has 1 atom stereocenters. The largest absolute Gasteiger partial charge is 0.395 e. The summed E-state index contributed by atoms with van der Waals surface area (Å²) < 4.78 is 0. The van der Waals surface area contributed by atoms with Gasteiger partial charge in [0, 0.05) is 13.1 Å². The van der Waals surface area contributed by atoms with Crippen molar-refractivity contribution in [1.29, 1.82) is 0 Å². The standard InChI is InChI=1S/C18H23NO2/c1-15-6-5-9-17(14-15)18(16-7-3-2-4-8-16)19(10-12-20)11-13-21/h2-9,14,18,20-21H,10-13H2,1H3. The monoisotopic (exact) mass is 285 g/mol. The summed E-state index contributed by atoms with van der Waals surface area (Å²) >= 11 is 0. The number of hydrogen-bond acceptors (Lipinski definition) is 3. The quantitative estimate of drug-likeness (QED) is 0.821. The predicted molar refractivity (Wildman–Crippen MR) is 85.2 cm³/mol. The molecule has 0 saturated carbocycles. The number of aliphatic hydroxyl groups is 2. The fraction of sp³-hybridized carbons (Fsp3) is 0.333. The molecule has 112 valence electrons. The molecule has 2 aromatic rings. The Labute approximate surface area is 126 Å². The van der Waals surface area contributed by atoms with Gasteiger partial charge in [-0.1, -0.05) is 60.2 Å². The van der Waals surface area contributed by atoms with E-state index in [2.05, 4.69) is 48.2 Å². The van der Waals surface area contributed by atoms with Crippen molar-refractivity contribution in [3.63, 3.8) is 0 Å². The fourth-order valence-electron chi connectivity index (χ4n) is 2.72. The molecule has 21 heavy (non-hydrogen) atoms. The molecular formula is C18H23NO2. The van der Waals surface area contributed by atoms with E-state index < -0.39 is 0 Å². The summed E-state index contributed by atoms with van der Waals surface area (Å²) in [6.07, 6.45) is 0. The van der Waals surface area contributed by atoms with Crippen molar-refractivity contribution in [2.75, 3.05) is 26.3 Å². The summed E-state index contributed by atoms with van der Waals surface area (Å²) in [4.78, 5) is 2.12. The molecule has 2 aromatic carbocycles. The van der Waals surface area contributed by atoms with E-state index in [1.807, 2.05) is 18.2 Å². The van der Waals surface area contributed by atoms with Gasteiger partial charge in [-0.3, -0.25) is 4.90 Å². The zero-order valence-electron chi connectivity index (χ0n) is 12.4. The van der Waals surface area contributed by atoms with E-state index in [0.717, 1.165) is 0 Å². The molecule has 0 radical (unpaired) electrons. The molecule has 0 bridgehead atoms. The fourth-order valence-corrected chi connectivity index (χ4v) is 2.72. The van der Waals surface area contributed by atoms with Gasteiger partial charge in [0.05, 0.1) is 19.3 Å². The highest BCUT2D eigenvalue weighted by atomic mass is 16.3. The molecule has 0 aliphatic heterocycles. The van der Waals surface area contributed by atoms with Crippen molar-refractivity contribution in [2.24, 2.45) is 0 Å². The van der Waals surface area contributed by atoms with Gasteiger partial charge in [-0.15, -0.1) is 0 Å². The molecule has 0 aromatic heterocycles. The lowest BCUT2D eigenvalue weighted by Gasteiger charge is -2.31. The van der Waals surface area contributed by atoms with Crippen LogP contribution in [0.25, 0.3) is 0 Å². The minimum absolute atomic E-state index is 0.0467. The average Bonchev–Trinajstić information content (AvgIpc) is 2.49. The van der Waals surface area contributed by atoms with Crippen LogP contribution in [0.15, 0.2) is 54.6 Å². The molecule has 3 nitrogen and oxygen atoms in total. The summed E-state index contributed by atoms with van der Waals surface area (Å²) in [5.41, 5.74) is 3.56. The van der Waals surface area contributed by atoms with Gasteiger partial charge in [0.1, 0.15) is 0 Å². The first-order valence-electron chi connectivity index (χ1n) is 7.33. The summed E-state index contributed by atoms with van der Waals surface area (Å²) in [7, 11) is 0. The van der Waals surface area contributed by atoms with E-state index in [1.54, 1.807) is 0 Å². The summed E-state index contributed by atoms with van der Waals surface area (Å²) in [5.74, 6) is 0. The molecule has 3 heteroatoms. The van der Waals surface area contributed by atoms with Crippen molar-refractivity contribution in [3.05, 3.63) is 71.3 Å². The smallest absolute Gasteiger partial charge is 0.0603 e. The molecule has 0 saturated heterocycles. The molecular weight excluding hydrogens is 262 g/mol. The third kappa shape index (κ3) is 4.14. The molecule has 1 unspecified atom stereocenters. The Morgan fingerprint density at radius 1 is 0.857 bits per heavy atom. The van der Waals surface area contributed by atoms with Crippen molar-refractivity contribution >= 4 is 0 Å². The molecule has 0 aliphatic rings. The topological polar surface area (TPSA) is 43.7 Å². The number of aryl methyl sites for hydroxylation is 1. The highest BCUT2D eigenvalue weighted by Crippen LogP contribution is 2.28. The number of rotatable bonds is 7. The Balaban J connectivity index is 2.42. The molecule has 2 rings (SSSR count). The molecule has 0 heterocycles. The molecule has 0 amide bonds. The van der Waals surface area contributed by atoms with Gasteiger partial charge < -0.3 is 10.2 Å². The summed E-state index contributed by atoms with van der Waals surface area (Å²) in [5, 5.41) is 18.7. The van der Waals surface area contributed by atoms with Crippen LogP contribution >= 0.6 is 0 Å². The van der Waals surface area contributed by atoms with E-state index in [0.29, 0.717) is 13.1 Å². The van der Waals surface area contributed by atoms with Crippen LogP contribution in [-0.2, 0) is 0 Å². The first kappa shape index (κ1) is 15.7. The van der Waals surface area contributed by atoms with Crippen LogP contribution in [0, 0.1) is 6.92 Å². The third-order valence-electron chi connectivity index (χ3n) is 3.61. The van der Waals surface area contributed by atoms with Crippen LogP contribution in [0.2, 0.25) is 0 Å². The van der Waals surface area contributed by atoms with Gasteiger partial charge in [0.15, 0.2) is 0 Å². The Hall–Kier alpha value is -1.68. The SMILES string of the molecule is Cc1cccc(C(c2ccccc2)N(CCO)CCO)c1. The zero-order valence-corrected chi connectivity index (χ0v) is 12.4. The minimum Gasteiger partial charge on any atom is -0.395 e. The maximum atomic E-state index is 9.34. The number of benzene rings is 2. The Morgan fingerprint density at radius 3 is 2.05 bits per heavy atom. The number of aliphatic hydroxyl groups excluding tert-OH is 2. The predicted octanol–water partition coefficient (Wildman–Crippen LogP) is 2.37. The van der Waals surface area contributed by atoms with Crippen LogP contribution < -0.4 is 0 Å². The highest BCUT2D eigenvalue weighted by molar-refractivity contribution is 5.34. The van der Waals surface area contributed by atoms with Crippen LogP contribution in [0.3, 0.4) is 0 Å². The van der Waals surface area contributed by atoms with Crippen LogP contribution in [-0.4, -0.2) is 41.4 Å². The molecule has 0 spiro atoms. The first-order chi connectivity index (χ1) is 10.3. The number of nitrogens with zero attached hydrogens (tertiary/aromatic N) is 1. The van der Waals surface area contributed by atoms with Crippen LogP contribution in [0.5, 0.6) is 0 Å². The van der Waals surface area contributed by atoms with Gasteiger partial charge in [-0.25, -0.2) is 0 Å². The van der Waals surface area contributed by atoms with Gasteiger partial charge in [0.2, 0.25) is 0 Å². The molecule has 0 aliphatic carbocycles. The van der Waals surface area contributed by atoms with Gasteiger partial charge in [-0.2, -0.15) is 0 Å². The third-order valence-corrected chi connectivity index (χ3v) is 3.61. The van der Waals surface area contributed by atoms with E-state index in [4.69, 9.17) is 0 Å². The van der Waals surface area contributed by atoms with E-state index in [1.165, 1.54) is 16.7 Å². The summed E-state index contributed by atoms with van der Waals surface area (Å²) in [6.45, 7) is 3.31. The van der Waals surface area contributed by atoms with Gasteiger partial charge in [0.25, 0.3) is 0 Å². The Kier molecular flexibility index (Phi) is 5.93. The lowest BCUT2D eigenvalue weighted by atomic mass is 9.95. The van der Waals surface area contributed by atoms with Crippen LogP contribution in [0.4, 0.5) is 0 Å². The van der Waals surface area contributed by atoms with Gasteiger partial charge in [-0.05, 0) is 18.1 Å². The molecule has 2 N–H and O–H groups in total. The van der Waals surface area contributed by atoms with E-state index in [-0.39, 0.29) is 19.3 Å². The lowest BCUT2D eigenvalue weighted by Crippen LogP contribution is -2.34. The lowest BCUT2D eigenvalue weighted by molar-refractivity contribution is 0.136. The second-order valence-electron chi connectivity index (χ2n) is 5.21. The van der Waals surface area contributed by atoms with E-state index >= 15 is 0 Å². The van der Waals surface area contributed by atoms with Crippen molar-refractivity contribution in [2.45, 2.75) is 13.0 Å². The van der Waals surface area contributed by atoms with Crippen molar-refractivity contribution < 1.29 is 10.2 Å². The Bertz CT molecular complexity index is 536. The van der Waals surface area contributed by atoms with Crippen molar-refractivity contribution in [3.8, 4) is 0 Å². The maximum absolute atomic E-state index is 9.34. The van der Waals surface area contributed by atoms with E-state index in [9.17, 15) is 10.2 Å². The second kappa shape index (κ2) is 7.93. The Morgan fingerprint density at radius 2 is 1.48 bits per heavy atom. The second-order valence-corrected chi connectivity index (χ2v) is 5.21. The maximum Gasteiger partial charge on any atom is 0.0603 e. The average molecular weight is 285 g/mol. The first-order valence-corrected chi connectivity index (χ1v) is 7.33. The molecule has 0 fully saturated rings.